The second-order valence-corrected chi connectivity index (χ2v) is 10.3. The summed E-state index contributed by atoms with van der Waals surface area (Å²) < 4.78 is 10.5. The van der Waals surface area contributed by atoms with Crippen LogP contribution in [0.4, 0.5) is 11.4 Å². The summed E-state index contributed by atoms with van der Waals surface area (Å²) in [5, 5.41) is 2.99. The summed E-state index contributed by atoms with van der Waals surface area (Å²) >= 11 is 0. The Hall–Kier alpha value is -4.92. The molecule has 5 rings (SSSR count). The highest BCUT2D eigenvalue weighted by Gasteiger charge is 2.41. The number of hydrogen-bond donors (Lipinski definition) is 1. The van der Waals surface area contributed by atoms with Crippen molar-refractivity contribution in [2.75, 3.05) is 31.0 Å². The Morgan fingerprint density at radius 2 is 1.60 bits per heavy atom. The largest absolute Gasteiger partial charge is 0.497 e. The minimum Gasteiger partial charge on any atom is -0.497 e. The van der Waals surface area contributed by atoms with Crippen molar-refractivity contribution in [3.8, 4) is 11.5 Å². The average molecular weight is 568 g/mol. The van der Waals surface area contributed by atoms with E-state index in [9.17, 15) is 19.2 Å². The van der Waals surface area contributed by atoms with E-state index in [1.54, 1.807) is 79.8 Å². The van der Waals surface area contributed by atoms with Gasteiger partial charge in [0.05, 0.1) is 25.5 Å². The van der Waals surface area contributed by atoms with Crippen LogP contribution in [0.3, 0.4) is 0 Å². The number of benzene rings is 3. The van der Waals surface area contributed by atoms with Crippen LogP contribution < -0.4 is 19.7 Å². The highest BCUT2D eigenvalue weighted by molar-refractivity contribution is 6.52. The van der Waals surface area contributed by atoms with Gasteiger partial charge in [-0.05, 0) is 79.3 Å². The Morgan fingerprint density at radius 3 is 2.24 bits per heavy atom. The normalized spacial score (nSPS) is 16.5. The van der Waals surface area contributed by atoms with Crippen molar-refractivity contribution in [1.82, 2.24) is 4.90 Å². The molecule has 0 radical (unpaired) electrons. The number of carbonyl (C=O) groups is 4. The van der Waals surface area contributed by atoms with Crippen molar-refractivity contribution in [3.63, 3.8) is 0 Å². The van der Waals surface area contributed by atoms with Crippen LogP contribution in [-0.4, -0.2) is 55.2 Å². The molecule has 0 unspecified atom stereocenters. The summed E-state index contributed by atoms with van der Waals surface area (Å²) in [7, 11) is 3.15. The van der Waals surface area contributed by atoms with Crippen LogP contribution in [0, 0.1) is 5.92 Å². The number of anilines is 2. The SMILES string of the molecule is COc1ccc(CN(C(=O)CN2C(=O)C(=O)c3ccccc32)[C@@H](C(=O)Nc2ccc(OC)cc2)[C@@H]2CC=CCC2)cc1. The van der Waals surface area contributed by atoms with Crippen molar-refractivity contribution in [3.05, 3.63) is 96.1 Å². The second-order valence-electron chi connectivity index (χ2n) is 10.3. The molecule has 9 nitrogen and oxygen atoms in total. The molecule has 9 heteroatoms. The van der Waals surface area contributed by atoms with Gasteiger partial charge in [0.25, 0.3) is 11.7 Å². The van der Waals surface area contributed by atoms with E-state index in [4.69, 9.17) is 9.47 Å². The standard InChI is InChI=1S/C33H33N3O6/c1-41-25-16-12-22(13-17-25)20-36(29(37)21-35-28-11-7-6-10-27(28)31(38)33(35)40)30(23-8-4-3-5-9-23)32(39)34-24-14-18-26(42-2)19-15-24/h3-4,6-7,10-19,23,30H,5,8-9,20-21H2,1-2H3,(H,34,39)/t23-,30-/m1/s1. The van der Waals surface area contributed by atoms with E-state index < -0.39 is 23.6 Å². The number of para-hydroxylation sites is 1. The van der Waals surface area contributed by atoms with E-state index in [0.717, 1.165) is 12.0 Å². The maximum Gasteiger partial charge on any atom is 0.299 e. The highest BCUT2D eigenvalue weighted by Crippen LogP contribution is 2.31. The van der Waals surface area contributed by atoms with Gasteiger partial charge in [0.15, 0.2) is 0 Å². The fraction of sp³-hybridized carbons (Fsp3) is 0.273. The van der Waals surface area contributed by atoms with Crippen molar-refractivity contribution in [1.29, 1.82) is 0 Å². The fourth-order valence-corrected chi connectivity index (χ4v) is 5.50. The summed E-state index contributed by atoms with van der Waals surface area (Å²) in [6, 6.07) is 20.1. The number of fused-ring (bicyclic) bond motifs is 1. The number of nitrogens with one attached hydrogen (secondary N) is 1. The van der Waals surface area contributed by atoms with Crippen molar-refractivity contribution in [2.24, 2.45) is 5.92 Å². The zero-order chi connectivity index (χ0) is 29.6. The van der Waals surface area contributed by atoms with Crippen LogP contribution in [0.2, 0.25) is 0 Å². The lowest BCUT2D eigenvalue weighted by Crippen LogP contribution is -2.54. The quantitative estimate of drug-likeness (QED) is 0.283. The van der Waals surface area contributed by atoms with E-state index in [0.29, 0.717) is 35.7 Å². The minimum absolute atomic E-state index is 0.126. The Kier molecular flexibility index (Phi) is 8.66. The number of carbonyl (C=O) groups excluding carboxylic acids is 4. The van der Waals surface area contributed by atoms with E-state index >= 15 is 0 Å². The van der Waals surface area contributed by atoms with Gasteiger partial charge in [-0.3, -0.25) is 24.1 Å². The van der Waals surface area contributed by atoms with Crippen molar-refractivity contribution >= 4 is 34.9 Å². The molecule has 2 atom stereocenters. The molecule has 216 valence electrons. The maximum absolute atomic E-state index is 14.2. The number of rotatable bonds is 10. The Bertz CT molecular complexity index is 1500. The van der Waals surface area contributed by atoms with Gasteiger partial charge in [0, 0.05) is 12.2 Å². The van der Waals surface area contributed by atoms with Gasteiger partial charge in [0.1, 0.15) is 24.1 Å². The van der Waals surface area contributed by atoms with Crippen molar-refractivity contribution < 1.29 is 28.7 Å². The van der Waals surface area contributed by atoms with Crippen LogP contribution in [0.5, 0.6) is 11.5 Å². The van der Waals surface area contributed by atoms with Crippen LogP contribution in [0.1, 0.15) is 35.2 Å². The molecule has 3 amide bonds. The number of amides is 3. The Balaban J connectivity index is 1.49. The molecule has 0 aromatic heterocycles. The smallest absolute Gasteiger partial charge is 0.299 e. The Labute approximate surface area is 244 Å². The Morgan fingerprint density at radius 1 is 0.929 bits per heavy atom. The van der Waals surface area contributed by atoms with E-state index in [1.807, 2.05) is 18.2 Å². The third-order valence-electron chi connectivity index (χ3n) is 7.72. The first-order valence-electron chi connectivity index (χ1n) is 13.9. The molecular formula is C33H33N3O6. The van der Waals surface area contributed by atoms with Gasteiger partial charge in [-0.15, -0.1) is 0 Å². The summed E-state index contributed by atoms with van der Waals surface area (Å²) in [5.41, 5.74) is 2.03. The van der Waals surface area contributed by atoms with Crippen LogP contribution in [-0.2, 0) is 20.9 Å². The number of methoxy groups -OCH3 is 2. The number of Topliss-reactive ketones (excluding diaryl/α,β-unsaturated/α-hetero) is 1. The molecule has 1 aliphatic heterocycles. The highest BCUT2D eigenvalue weighted by atomic mass is 16.5. The number of ketones is 1. The lowest BCUT2D eigenvalue weighted by molar-refractivity contribution is -0.140. The minimum atomic E-state index is -0.838. The van der Waals surface area contributed by atoms with Crippen LogP contribution in [0.15, 0.2) is 84.9 Å². The molecular weight excluding hydrogens is 534 g/mol. The van der Waals surface area contributed by atoms with E-state index in [2.05, 4.69) is 11.4 Å². The van der Waals surface area contributed by atoms with Gasteiger partial charge in [-0.2, -0.15) is 0 Å². The second kappa shape index (κ2) is 12.7. The first-order chi connectivity index (χ1) is 20.4. The zero-order valence-electron chi connectivity index (χ0n) is 23.6. The molecule has 0 fully saturated rings. The predicted molar refractivity (Wildman–Crippen MR) is 159 cm³/mol. The summed E-state index contributed by atoms with van der Waals surface area (Å²) in [5.74, 6) is -0.998. The molecule has 2 aliphatic rings. The topological polar surface area (TPSA) is 105 Å². The molecule has 0 spiro atoms. The van der Waals surface area contributed by atoms with Gasteiger partial charge in [-0.25, -0.2) is 0 Å². The summed E-state index contributed by atoms with van der Waals surface area (Å²) in [6.07, 6.45) is 6.24. The molecule has 1 aliphatic carbocycles. The lowest BCUT2D eigenvalue weighted by Gasteiger charge is -2.37. The molecule has 0 saturated heterocycles. The first-order valence-corrected chi connectivity index (χ1v) is 13.9. The van der Waals surface area contributed by atoms with Gasteiger partial charge in [0.2, 0.25) is 11.8 Å². The van der Waals surface area contributed by atoms with Gasteiger partial charge in [-0.1, -0.05) is 36.4 Å². The molecule has 3 aromatic rings. The number of hydrogen-bond acceptors (Lipinski definition) is 6. The molecule has 42 heavy (non-hydrogen) atoms. The maximum atomic E-state index is 14.2. The molecule has 1 N–H and O–H groups in total. The molecule has 0 saturated carbocycles. The zero-order valence-corrected chi connectivity index (χ0v) is 23.6. The number of nitrogens with zero attached hydrogens (tertiary/aromatic N) is 2. The molecule has 1 heterocycles. The van der Waals surface area contributed by atoms with Crippen LogP contribution in [0.25, 0.3) is 0 Å². The first kappa shape index (κ1) is 28.6. The summed E-state index contributed by atoms with van der Waals surface area (Å²) in [6.45, 7) is -0.242. The van der Waals surface area contributed by atoms with Crippen molar-refractivity contribution in [2.45, 2.75) is 31.8 Å². The van der Waals surface area contributed by atoms with E-state index in [1.165, 1.54) is 4.90 Å². The predicted octanol–water partition coefficient (Wildman–Crippen LogP) is 4.63. The average Bonchev–Trinajstić information content (AvgIpc) is 3.26. The van der Waals surface area contributed by atoms with E-state index in [-0.39, 0.29) is 30.5 Å². The molecule has 3 aromatic carbocycles. The molecule has 0 bridgehead atoms. The fourth-order valence-electron chi connectivity index (χ4n) is 5.50. The third-order valence-corrected chi connectivity index (χ3v) is 7.72. The van der Waals surface area contributed by atoms with Gasteiger partial charge >= 0.3 is 0 Å². The van der Waals surface area contributed by atoms with Crippen LogP contribution >= 0.6 is 0 Å². The number of allylic oxidation sites excluding steroid dienone is 2. The summed E-state index contributed by atoms with van der Waals surface area (Å²) in [4.78, 5) is 56.6. The van der Waals surface area contributed by atoms with Gasteiger partial charge < -0.3 is 19.7 Å². The monoisotopic (exact) mass is 567 g/mol. The lowest BCUT2D eigenvalue weighted by atomic mass is 9.85. The number of ether oxygens (including phenoxy) is 2. The third kappa shape index (κ3) is 6.05.